The van der Waals surface area contributed by atoms with Crippen molar-refractivity contribution in [1.82, 2.24) is 0 Å². The van der Waals surface area contributed by atoms with Gasteiger partial charge >= 0.3 is 27.1 Å². The van der Waals surface area contributed by atoms with Crippen LogP contribution < -0.4 is 0 Å². The lowest BCUT2D eigenvalue weighted by atomic mass is 9.77. The van der Waals surface area contributed by atoms with Gasteiger partial charge in [-0.1, -0.05) is 34.1 Å². The van der Waals surface area contributed by atoms with E-state index in [1.54, 1.807) is 0 Å². The molecule has 0 radical (unpaired) electrons. The van der Waals surface area contributed by atoms with E-state index in [1.165, 1.54) is 13.8 Å². The molecule has 0 saturated heterocycles. The summed E-state index contributed by atoms with van der Waals surface area (Å²) >= 11 is 0. The van der Waals surface area contributed by atoms with E-state index < -0.39 is 32.5 Å². The molecule has 0 amide bonds. The zero-order chi connectivity index (χ0) is 26.8. The molecule has 0 bridgehead atoms. The van der Waals surface area contributed by atoms with Crippen LogP contribution in [0.2, 0.25) is 0 Å². The summed E-state index contributed by atoms with van der Waals surface area (Å²) in [6.45, 7) is 12.0. The molecule has 0 spiro atoms. The first-order chi connectivity index (χ1) is 15.7. The molecule has 34 heavy (non-hydrogen) atoms. The van der Waals surface area contributed by atoms with Gasteiger partial charge in [0.25, 0.3) is 0 Å². The van der Waals surface area contributed by atoms with E-state index in [9.17, 15) is 18.7 Å². The van der Waals surface area contributed by atoms with E-state index in [4.69, 9.17) is 28.7 Å². The van der Waals surface area contributed by atoms with Gasteiger partial charge in [0.05, 0.1) is 37.6 Å². The van der Waals surface area contributed by atoms with Gasteiger partial charge < -0.3 is 28.7 Å². The maximum absolute atomic E-state index is 12.3. The minimum absolute atomic E-state index is 0.251. The quantitative estimate of drug-likeness (QED) is 0.153. The summed E-state index contributed by atoms with van der Waals surface area (Å²) in [6, 6.07) is 0. The van der Waals surface area contributed by atoms with Crippen molar-refractivity contribution in [1.29, 1.82) is 0 Å². The summed E-state index contributed by atoms with van der Waals surface area (Å²) in [5, 5.41) is 8.98. The minimum atomic E-state index is -4.15. The Morgan fingerprint density at radius 1 is 0.882 bits per heavy atom. The highest BCUT2D eigenvalue weighted by molar-refractivity contribution is 7.53. The molecule has 3 N–H and O–H groups in total. The van der Waals surface area contributed by atoms with Crippen molar-refractivity contribution in [3.8, 4) is 0 Å². The highest BCUT2D eigenvalue weighted by Crippen LogP contribution is 2.49. The standard InChI is InChI=1S/C13H27O5P.C9H19O5P/c1-4-9-16-13(14)8-7-12-19(15,17-10-5-2)18-11-6-3;1-4-5-7(6-15(12,13)14)9(2,3)8(10)11/h4-12H2,1-3H3;7H,4-6H2,1-3H3,(H,10,11)(H2,12,13,14). The average Bonchev–Trinajstić information content (AvgIpc) is 2.74. The highest BCUT2D eigenvalue weighted by atomic mass is 31.2. The molecule has 0 aromatic carbocycles. The zero-order valence-corrected chi connectivity index (χ0v) is 23.4. The lowest BCUT2D eigenvalue weighted by molar-refractivity contribution is -0.149. The van der Waals surface area contributed by atoms with Gasteiger partial charge in [0.2, 0.25) is 0 Å². The van der Waals surface area contributed by atoms with Gasteiger partial charge in [-0.3, -0.25) is 18.7 Å². The van der Waals surface area contributed by atoms with Gasteiger partial charge in [0.1, 0.15) is 0 Å². The van der Waals surface area contributed by atoms with Crippen LogP contribution in [0.1, 0.15) is 86.5 Å². The van der Waals surface area contributed by atoms with E-state index in [2.05, 4.69) is 0 Å². The molecule has 0 aliphatic heterocycles. The number of aliphatic carboxylic acids is 1. The molecule has 204 valence electrons. The van der Waals surface area contributed by atoms with Crippen molar-refractivity contribution >= 4 is 27.1 Å². The predicted octanol–water partition coefficient (Wildman–Crippen LogP) is 5.46. The molecule has 0 saturated carbocycles. The van der Waals surface area contributed by atoms with E-state index >= 15 is 0 Å². The Balaban J connectivity index is 0. The second-order valence-electron chi connectivity index (χ2n) is 8.68. The van der Waals surface area contributed by atoms with Gasteiger partial charge in [0.15, 0.2) is 0 Å². The lowest BCUT2D eigenvalue weighted by Crippen LogP contribution is -2.35. The monoisotopic (exact) mass is 532 g/mol. The average molecular weight is 533 g/mol. The third-order valence-corrected chi connectivity index (χ3v) is 7.86. The fourth-order valence-electron chi connectivity index (χ4n) is 2.82. The van der Waals surface area contributed by atoms with Crippen molar-refractivity contribution < 1.29 is 47.4 Å². The normalized spacial score (nSPS) is 13.1. The van der Waals surface area contributed by atoms with Gasteiger partial charge in [-0.2, -0.15) is 0 Å². The van der Waals surface area contributed by atoms with Crippen molar-refractivity contribution in [3.63, 3.8) is 0 Å². The van der Waals surface area contributed by atoms with Crippen LogP contribution in [0, 0.1) is 11.3 Å². The van der Waals surface area contributed by atoms with Crippen LogP contribution in [0.15, 0.2) is 0 Å². The zero-order valence-electron chi connectivity index (χ0n) is 21.7. The topological polar surface area (TPSA) is 157 Å². The van der Waals surface area contributed by atoms with Crippen LogP contribution in [0.3, 0.4) is 0 Å². The van der Waals surface area contributed by atoms with E-state index in [-0.39, 0.29) is 24.7 Å². The van der Waals surface area contributed by atoms with Crippen molar-refractivity contribution in [3.05, 3.63) is 0 Å². The van der Waals surface area contributed by atoms with Gasteiger partial charge in [-0.05, 0) is 51.9 Å². The van der Waals surface area contributed by atoms with Gasteiger partial charge in [-0.15, -0.1) is 0 Å². The Kier molecular flexibility index (Phi) is 19.3. The summed E-state index contributed by atoms with van der Waals surface area (Å²) < 4.78 is 38.8. The molecule has 1 atom stereocenters. The molecule has 0 fully saturated rings. The SMILES string of the molecule is CCCC(CP(=O)(O)O)C(C)(C)C(=O)O.CCCOC(=O)CCCP(=O)(OCCC)OCCC. The maximum atomic E-state index is 12.3. The number of carboxylic acid groups (broad SMARTS) is 1. The molecule has 0 aromatic rings. The number of carbonyl (C=O) groups is 2. The number of esters is 1. The number of carbonyl (C=O) groups excluding carboxylic acids is 1. The minimum Gasteiger partial charge on any atom is -0.481 e. The number of rotatable bonds is 18. The molecule has 10 nitrogen and oxygen atoms in total. The predicted molar refractivity (Wildman–Crippen MR) is 132 cm³/mol. The van der Waals surface area contributed by atoms with Gasteiger partial charge in [0, 0.05) is 6.42 Å². The molecule has 0 aliphatic rings. The number of hydrogen-bond donors (Lipinski definition) is 3. The molecule has 1 unspecified atom stereocenters. The third kappa shape index (κ3) is 17.6. The van der Waals surface area contributed by atoms with E-state index in [0.717, 1.165) is 19.3 Å². The van der Waals surface area contributed by atoms with E-state index in [0.29, 0.717) is 39.1 Å². The Labute approximate surface area is 204 Å². The summed E-state index contributed by atoms with van der Waals surface area (Å²) in [5.41, 5.74) is -1.10. The first-order valence-electron chi connectivity index (χ1n) is 12.0. The van der Waals surface area contributed by atoms with Crippen molar-refractivity contribution in [2.45, 2.75) is 86.5 Å². The molecule has 0 aromatic heterocycles. The van der Waals surface area contributed by atoms with Crippen LogP contribution in [-0.2, 0) is 32.5 Å². The van der Waals surface area contributed by atoms with Crippen LogP contribution in [-0.4, -0.2) is 59.0 Å². The van der Waals surface area contributed by atoms with Crippen LogP contribution in [0.5, 0.6) is 0 Å². The van der Waals surface area contributed by atoms with Crippen molar-refractivity contribution in [2.75, 3.05) is 32.1 Å². The van der Waals surface area contributed by atoms with Crippen LogP contribution in [0.25, 0.3) is 0 Å². The smallest absolute Gasteiger partial charge is 0.330 e. The second kappa shape index (κ2) is 18.5. The Morgan fingerprint density at radius 2 is 1.38 bits per heavy atom. The first-order valence-corrected chi connectivity index (χ1v) is 15.5. The lowest BCUT2D eigenvalue weighted by Gasteiger charge is -2.30. The third-order valence-electron chi connectivity index (χ3n) is 4.93. The number of hydrogen-bond acceptors (Lipinski definition) is 7. The summed E-state index contributed by atoms with van der Waals surface area (Å²) in [4.78, 5) is 40.0. The van der Waals surface area contributed by atoms with Crippen molar-refractivity contribution in [2.24, 2.45) is 11.3 Å². The first kappa shape index (κ1) is 35.4. The second-order valence-corrected chi connectivity index (χ2v) is 12.6. The Morgan fingerprint density at radius 3 is 1.76 bits per heavy atom. The van der Waals surface area contributed by atoms with E-state index in [1.807, 2.05) is 27.7 Å². The summed E-state index contributed by atoms with van der Waals surface area (Å²) in [5.74, 6) is -1.77. The Bertz CT molecular complexity index is 648. The van der Waals surface area contributed by atoms with Crippen LogP contribution >= 0.6 is 15.2 Å². The highest BCUT2D eigenvalue weighted by Gasteiger charge is 2.39. The van der Waals surface area contributed by atoms with Crippen LogP contribution in [0.4, 0.5) is 0 Å². The van der Waals surface area contributed by atoms with Gasteiger partial charge in [-0.25, -0.2) is 0 Å². The molecular formula is C22H46O10P2. The molecular weight excluding hydrogens is 486 g/mol. The maximum Gasteiger partial charge on any atom is 0.330 e. The molecule has 0 aliphatic carbocycles. The number of ether oxygens (including phenoxy) is 1. The molecule has 0 heterocycles. The fourth-order valence-corrected chi connectivity index (χ4v) is 5.84. The summed E-state index contributed by atoms with van der Waals surface area (Å²) in [7, 11) is -7.19. The molecule has 12 heteroatoms. The molecule has 0 rings (SSSR count). The summed E-state index contributed by atoms with van der Waals surface area (Å²) in [6.07, 6.45) is 4.24. The number of carboxylic acids is 1. The largest absolute Gasteiger partial charge is 0.481 e. The fraction of sp³-hybridized carbons (Fsp3) is 0.909. The Hall–Kier alpha value is -0.760.